The second kappa shape index (κ2) is 11.3. The van der Waals surface area contributed by atoms with Crippen LogP contribution in [0, 0.1) is 5.92 Å². The number of imide groups is 1. The molecule has 1 aliphatic heterocycles. The highest BCUT2D eigenvalue weighted by molar-refractivity contribution is 7.14. The monoisotopic (exact) mass is 505 g/mol. The topological polar surface area (TPSA) is 94.6 Å². The lowest BCUT2D eigenvalue weighted by atomic mass is 9.81. The molecule has 4 rings (SSSR count). The number of anilines is 2. The Kier molecular flexibility index (Phi) is 8.00. The van der Waals surface area contributed by atoms with Gasteiger partial charge in [0.1, 0.15) is 11.9 Å². The Labute approximate surface area is 215 Å². The molecule has 1 aromatic carbocycles. The number of carbonyl (C=O) groups is 3. The molecule has 1 aliphatic rings. The van der Waals surface area contributed by atoms with Crippen molar-refractivity contribution >= 4 is 40.0 Å². The molecule has 9 heteroatoms. The number of nitrogens with zero attached hydrogens (tertiary/aromatic N) is 3. The van der Waals surface area contributed by atoms with Crippen LogP contribution in [-0.4, -0.2) is 47.9 Å². The summed E-state index contributed by atoms with van der Waals surface area (Å²) in [4.78, 5) is 47.2. The van der Waals surface area contributed by atoms with Crippen molar-refractivity contribution in [2.45, 2.75) is 38.3 Å². The molecule has 0 aliphatic carbocycles. The number of pyridine rings is 1. The van der Waals surface area contributed by atoms with Gasteiger partial charge in [-0.15, -0.1) is 11.3 Å². The van der Waals surface area contributed by atoms with Gasteiger partial charge in [0.15, 0.2) is 0 Å². The van der Waals surface area contributed by atoms with Crippen molar-refractivity contribution in [3.05, 3.63) is 77.3 Å². The summed E-state index contributed by atoms with van der Waals surface area (Å²) >= 11 is 1.43. The molecule has 3 heterocycles. The first-order chi connectivity index (χ1) is 17.4. The zero-order valence-electron chi connectivity index (χ0n) is 20.7. The average molecular weight is 506 g/mol. The van der Waals surface area contributed by atoms with Gasteiger partial charge < -0.3 is 15.5 Å². The van der Waals surface area contributed by atoms with Crippen LogP contribution in [0.4, 0.5) is 15.6 Å². The van der Waals surface area contributed by atoms with Gasteiger partial charge in [0.05, 0.1) is 17.0 Å². The standard InChI is InChI=1S/C27H31N5O3S/c1-4-9-21(19-10-6-5-7-11-19)30-27(35)32-24(26(34)31(3)23-12-8-15-36-23)20(25(32)33)16-18-13-14-29-22(17-18)28-2/h5-8,10-15,17,20-21,24H,4,9,16H2,1-3H3,(H,28,29)(H,30,35)/t20-,21-,24+/m1/s1. The maximum absolute atomic E-state index is 13.6. The molecule has 188 valence electrons. The van der Waals surface area contributed by atoms with Gasteiger partial charge in [-0.3, -0.25) is 14.5 Å². The Hall–Kier alpha value is -3.72. The number of carbonyl (C=O) groups excluding carboxylic acids is 3. The van der Waals surface area contributed by atoms with Crippen LogP contribution in [0.5, 0.6) is 0 Å². The third-order valence-corrected chi connectivity index (χ3v) is 7.41. The summed E-state index contributed by atoms with van der Waals surface area (Å²) in [5.74, 6) is -0.597. The lowest BCUT2D eigenvalue weighted by Crippen LogP contribution is -2.70. The fourth-order valence-corrected chi connectivity index (χ4v) is 5.23. The molecule has 0 spiro atoms. The molecule has 36 heavy (non-hydrogen) atoms. The van der Waals surface area contributed by atoms with Gasteiger partial charge in [0, 0.05) is 20.3 Å². The Morgan fingerprint density at radius 1 is 1.17 bits per heavy atom. The number of urea groups is 1. The molecule has 3 aromatic rings. The number of β-lactam (4-membered cyclic amide) rings is 1. The average Bonchev–Trinajstić information content (AvgIpc) is 3.44. The molecule has 2 N–H and O–H groups in total. The summed E-state index contributed by atoms with van der Waals surface area (Å²) < 4.78 is 0. The van der Waals surface area contributed by atoms with E-state index in [1.54, 1.807) is 20.3 Å². The van der Waals surface area contributed by atoms with Crippen LogP contribution in [0.3, 0.4) is 0 Å². The number of nitrogens with one attached hydrogen (secondary N) is 2. The van der Waals surface area contributed by atoms with Crippen LogP contribution < -0.4 is 15.5 Å². The van der Waals surface area contributed by atoms with Gasteiger partial charge in [0.2, 0.25) is 5.91 Å². The largest absolute Gasteiger partial charge is 0.373 e. The molecule has 1 saturated heterocycles. The number of hydrogen-bond donors (Lipinski definition) is 2. The Morgan fingerprint density at radius 2 is 1.94 bits per heavy atom. The molecule has 0 unspecified atom stereocenters. The first-order valence-corrected chi connectivity index (χ1v) is 12.9. The fraction of sp³-hybridized carbons (Fsp3) is 0.333. The summed E-state index contributed by atoms with van der Waals surface area (Å²) in [5, 5.41) is 8.64. The van der Waals surface area contributed by atoms with Crippen LogP contribution in [0.1, 0.15) is 36.9 Å². The minimum atomic E-state index is -0.895. The number of thiophene rings is 1. The summed E-state index contributed by atoms with van der Waals surface area (Å²) in [6.07, 6.45) is 3.58. The second-order valence-corrected chi connectivity index (χ2v) is 9.74. The summed E-state index contributed by atoms with van der Waals surface area (Å²) in [5.41, 5.74) is 1.84. The summed E-state index contributed by atoms with van der Waals surface area (Å²) in [6, 6.07) is 15.4. The molecular formula is C27H31N5O3S. The van der Waals surface area contributed by atoms with E-state index < -0.39 is 18.0 Å². The molecule has 3 atom stereocenters. The first kappa shape index (κ1) is 25.4. The zero-order chi connectivity index (χ0) is 25.7. The fourth-order valence-electron chi connectivity index (χ4n) is 4.53. The van der Waals surface area contributed by atoms with Crippen LogP contribution in [0.15, 0.2) is 66.2 Å². The van der Waals surface area contributed by atoms with Crippen LogP contribution in [0.25, 0.3) is 0 Å². The third kappa shape index (κ3) is 5.26. The summed E-state index contributed by atoms with van der Waals surface area (Å²) in [7, 11) is 3.45. The minimum Gasteiger partial charge on any atom is -0.373 e. The normalized spacial score (nSPS) is 17.8. The molecule has 1 fully saturated rings. The van der Waals surface area contributed by atoms with Crippen molar-refractivity contribution in [3.8, 4) is 0 Å². The lowest BCUT2D eigenvalue weighted by Gasteiger charge is -2.46. The molecule has 2 aromatic heterocycles. The van der Waals surface area contributed by atoms with E-state index in [4.69, 9.17) is 0 Å². The number of rotatable bonds is 9. The van der Waals surface area contributed by atoms with E-state index in [9.17, 15) is 14.4 Å². The van der Waals surface area contributed by atoms with Gasteiger partial charge in [-0.2, -0.15) is 0 Å². The predicted octanol–water partition coefficient (Wildman–Crippen LogP) is 4.47. The van der Waals surface area contributed by atoms with Gasteiger partial charge in [-0.1, -0.05) is 43.7 Å². The smallest absolute Gasteiger partial charge is 0.325 e. The van der Waals surface area contributed by atoms with Crippen LogP contribution in [0.2, 0.25) is 0 Å². The first-order valence-electron chi connectivity index (χ1n) is 12.1. The van der Waals surface area contributed by atoms with Gasteiger partial charge in [-0.05, 0) is 53.6 Å². The number of aromatic nitrogens is 1. The van der Waals surface area contributed by atoms with Crippen molar-refractivity contribution in [2.24, 2.45) is 5.92 Å². The number of hydrogen-bond acceptors (Lipinski definition) is 6. The van der Waals surface area contributed by atoms with E-state index in [1.165, 1.54) is 16.2 Å². The molecule has 0 radical (unpaired) electrons. The lowest BCUT2D eigenvalue weighted by molar-refractivity contribution is -0.156. The van der Waals surface area contributed by atoms with E-state index >= 15 is 0 Å². The summed E-state index contributed by atoms with van der Waals surface area (Å²) in [6.45, 7) is 2.05. The van der Waals surface area contributed by atoms with E-state index in [0.29, 0.717) is 12.2 Å². The molecule has 4 amide bonds. The highest BCUT2D eigenvalue weighted by Crippen LogP contribution is 2.34. The minimum absolute atomic E-state index is 0.250. The Morgan fingerprint density at radius 3 is 2.61 bits per heavy atom. The van der Waals surface area contributed by atoms with Gasteiger partial charge in [0.25, 0.3) is 5.91 Å². The van der Waals surface area contributed by atoms with Crippen molar-refractivity contribution in [3.63, 3.8) is 0 Å². The van der Waals surface area contributed by atoms with Gasteiger partial charge in [-0.25, -0.2) is 9.78 Å². The highest BCUT2D eigenvalue weighted by Gasteiger charge is 2.55. The predicted molar refractivity (Wildman–Crippen MR) is 142 cm³/mol. The van der Waals surface area contributed by atoms with Crippen molar-refractivity contribution in [2.75, 3.05) is 24.3 Å². The van der Waals surface area contributed by atoms with Crippen molar-refractivity contribution in [1.82, 2.24) is 15.2 Å². The number of amides is 4. The van der Waals surface area contributed by atoms with Gasteiger partial charge >= 0.3 is 6.03 Å². The molecule has 8 nitrogen and oxygen atoms in total. The van der Waals surface area contributed by atoms with Crippen molar-refractivity contribution in [1.29, 1.82) is 0 Å². The quantitative estimate of drug-likeness (QED) is 0.419. The maximum atomic E-state index is 13.6. The maximum Gasteiger partial charge on any atom is 0.325 e. The number of likely N-dealkylation sites (N-methyl/N-ethyl adjacent to an activating group) is 1. The Bertz CT molecular complexity index is 1200. The zero-order valence-corrected chi connectivity index (χ0v) is 21.5. The van der Waals surface area contributed by atoms with Crippen molar-refractivity contribution < 1.29 is 14.4 Å². The van der Waals surface area contributed by atoms with E-state index in [0.717, 1.165) is 33.9 Å². The van der Waals surface area contributed by atoms with E-state index in [1.807, 2.05) is 66.9 Å². The molecular weight excluding hydrogens is 474 g/mol. The van der Waals surface area contributed by atoms with Crippen LogP contribution >= 0.6 is 11.3 Å². The second-order valence-electron chi connectivity index (χ2n) is 8.81. The van der Waals surface area contributed by atoms with Crippen LogP contribution in [-0.2, 0) is 16.0 Å². The molecule has 0 saturated carbocycles. The highest BCUT2D eigenvalue weighted by atomic mass is 32.1. The van der Waals surface area contributed by atoms with E-state index in [-0.39, 0.29) is 17.9 Å². The SMILES string of the molecule is CCC[C@@H](NC(=O)N1C(=O)[C@H](Cc2ccnc(NC)c2)[C@H]1C(=O)N(C)c1cccs1)c1ccccc1. The number of likely N-dealkylation sites (tertiary alicyclic amines) is 1. The molecule has 0 bridgehead atoms. The third-order valence-electron chi connectivity index (χ3n) is 6.47. The van der Waals surface area contributed by atoms with E-state index in [2.05, 4.69) is 15.6 Å². The number of benzene rings is 1. The Balaban J connectivity index is 1.59.